The normalized spacial score (nSPS) is 11.1. The lowest BCUT2D eigenvalue weighted by molar-refractivity contribution is 0.102. The van der Waals surface area contributed by atoms with Crippen molar-refractivity contribution in [3.63, 3.8) is 0 Å². The fraction of sp³-hybridized carbons (Fsp3) is 0. The Kier molecular flexibility index (Phi) is 2.59. The Morgan fingerprint density at radius 2 is 2.00 bits per heavy atom. The molecule has 7 heteroatoms. The predicted molar refractivity (Wildman–Crippen MR) is 81.8 cm³/mol. The highest BCUT2D eigenvalue weighted by atomic mass is 16.3. The Morgan fingerprint density at radius 3 is 2.91 bits per heavy atom. The molecular formula is C15H11N5O2. The van der Waals surface area contributed by atoms with Crippen LogP contribution >= 0.6 is 0 Å². The second-order valence-electron chi connectivity index (χ2n) is 4.88. The number of nitrogens with zero attached hydrogens (tertiary/aromatic N) is 2. The van der Waals surface area contributed by atoms with E-state index in [1.807, 2.05) is 0 Å². The monoisotopic (exact) mass is 293 g/mol. The molecule has 0 spiro atoms. The largest absolute Gasteiger partial charge is 0.480 e. The van der Waals surface area contributed by atoms with Gasteiger partial charge in [0.25, 0.3) is 11.9 Å². The van der Waals surface area contributed by atoms with Gasteiger partial charge in [0.2, 0.25) is 0 Å². The number of carbonyl (C=O) groups excluding carboxylic acids is 1. The molecule has 2 heterocycles. The first kappa shape index (κ1) is 12.4. The SMILES string of the molecule is O=C(Nc1ccc2[nH]c(O)nc2c1)c1ccc2nc[nH]c2c1. The van der Waals surface area contributed by atoms with Crippen LogP contribution < -0.4 is 5.32 Å². The van der Waals surface area contributed by atoms with Crippen molar-refractivity contribution in [3.8, 4) is 6.01 Å². The van der Waals surface area contributed by atoms with Gasteiger partial charge in [0.05, 0.1) is 28.4 Å². The van der Waals surface area contributed by atoms with E-state index in [-0.39, 0.29) is 11.9 Å². The molecule has 0 aliphatic rings. The van der Waals surface area contributed by atoms with Gasteiger partial charge < -0.3 is 20.4 Å². The first-order valence-corrected chi connectivity index (χ1v) is 6.62. The number of nitrogens with one attached hydrogen (secondary N) is 3. The van der Waals surface area contributed by atoms with Crippen molar-refractivity contribution in [2.45, 2.75) is 0 Å². The van der Waals surface area contributed by atoms with Crippen LogP contribution in [0.3, 0.4) is 0 Å². The third-order valence-electron chi connectivity index (χ3n) is 3.41. The zero-order chi connectivity index (χ0) is 15.1. The third-order valence-corrected chi connectivity index (χ3v) is 3.41. The van der Waals surface area contributed by atoms with Gasteiger partial charge in [-0.3, -0.25) is 4.79 Å². The summed E-state index contributed by atoms with van der Waals surface area (Å²) in [5, 5.41) is 12.1. The van der Waals surface area contributed by atoms with Gasteiger partial charge >= 0.3 is 0 Å². The van der Waals surface area contributed by atoms with Gasteiger partial charge in [0.1, 0.15) is 0 Å². The number of carbonyl (C=O) groups is 1. The van der Waals surface area contributed by atoms with Gasteiger partial charge in [0.15, 0.2) is 0 Å². The van der Waals surface area contributed by atoms with E-state index in [4.69, 9.17) is 0 Å². The minimum atomic E-state index is -0.226. The Hall–Kier alpha value is -3.35. The van der Waals surface area contributed by atoms with Crippen molar-refractivity contribution in [1.29, 1.82) is 0 Å². The summed E-state index contributed by atoms with van der Waals surface area (Å²) in [5.41, 5.74) is 4.04. The van der Waals surface area contributed by atoms with Gasteiger partial charge in [-0.05, 0) is 36.4 Å². The van der Waals surface area contributed by atoms with Crippen LogP contribution in [0.1, 0.15) is 10.4 Å². The van der Waals surface area contributed by atoms with Crippen LogP contribution in [0.2, 0.25) is 0 Å². The lowest BCUT2D eigenvalue weighted by Crippen LogP contribution is -2.11. The van der Waals surface area contributed by atoms with E-state index in [2.05, 4.69) is 25.3 Å². The molecule has 0 atom stereocenters. The molecule has 0 unspecified atom stereocenters. The van der Waals surface area contributed by atoms with Gasteiger partial charge in [0, 0.05) is 11.3 Å². The van der Waals surface area contributed by atoms with E-state index in [0.29, 0.717) is 22.3 Å². The molecular weight excluding hydrogens is 282 g/mol. The molecule has 2 aromatic heterocycles. The van der Waals surface area contributed by atoms with E-state index in [0.717, 1.165) is 11.0 Å². The summed E-state index contributed by atoms with van der Waals surface area (Å²) in [5.74, 6) is -0.226. The number of anilines is 1. The highest BCUT2D eigenvalue weighted by Crippen LogP contribution is 2.20. The van der Waals surface area contributed by atoms with Gasteiger partial charge in [-0.1, -0.05) is 0 Å². The zero-order valence-corrected chi connectivity index (χ0v) is 11.3. The van der Waals surface area contributed by atoms with Crippen LogP contribution in [0, 0.1) is 0 Å². The van der Waals surface area contributed by atoms with Gasteiger partial charge in [-0.2, -0.15) is 4.98 Å². The Balaban J connectivity index is 1.64. The highest BCUT2D eigenvalue weighted by Gasteiger charge is 2.09. The number of amides is 1. The zero-order valence-electron chi connectivity index (χ0n) is 11.3. The molecule has 2 aromatic carbocycles. The van der Waals surface area contributed by atoms with Crippen molar-refractivity contribution in [2.75, 3.05) is 5.32 Å². The van der Waals surface area contributed by atoms with Crippen LogP contribution in [-0.4, -0.2) is 30.9 Å². The predicted octanol–water partition coefficient (Wildman–Crippen LogP) is 2.40. The summed E-state index contributed by atoms with van der Waals surface area (Å²) in [6.45, 7) is 0. The van der Waals surface area contributed by atoms with Crippen molar-refractivity contribution in [1.82, 2.24) is 19.9 Å². The van der Waals surface area contributed by atoms with Crippen molar-refractivity contribution < 1.29 is 9.90 Å². The van der Waals surface area contributed by atoms with Crippen LogP contribution in [0.15, 0.2) is 42.7 Å². The fourth-order valence-electron chi connectivity index (χ4n) is 2.35. The number of H-pyrrole nitrogens is 2. The van der Waals surface area contributed by atoms with Gasteiger partial charge in [-0.25, -0.2) is 4.98 Å². The first-order chi connectivity index (χ1) is 10.7. The number of hydrogen-bond donors (Lipinski definition) is 4. The maximum atomic E-state index is 12.3. The minimum absolute atomic E-state index is 0.150. The quantitative estimate of drug-likeness (QED) is 0.455. The van der Waals surface area contributed by atoms with Crippen molar-refractivity contribution in [2.24, 2.45) is 0 Å². The lowest BCUT2D eigenvalue weighted by atomic mass is 10.2. The topological polar surface area (TPSA) is 107 Å². The van der Waals surface area contributed by atoms with E-state index < -0.39 is 0 Å². The average Bonchev–Trinajstić information content (AvgIpc) is 3.10. The molecule has 4 N–H and O–H groups in total. The fourth-order valence-corrected chi connectivity index (χ4v) is 2.35. The number of aromatic nitrogens is 4. The molecule has 4 rings (SSSR count). The molecule has 1 amide bonds. The van der Waals surface area contributed by atoms with Crippen LogP contribution in [0.5, 0.6) is 6.01 Å². The third kappa shape index (κ3) is 2.05. The second kappa shape index (κ2) is 4.59. The van der Waals surface area contributed by atoms with E-state index >= 15 is 0 Å². The van der Waals surface area contributed by atoms with E-state index in [1.165, 1.54) is 0 Å². The molecule has 0 fully saturated rings. The van der Waals surface area contributed by atoms with E-state index in [1.54, 1.807) is 42.7 Å². The second-order valence-corrected chi connectivity index (χ2v) is 4.88. The Labute approximate surface area is 124 Å². The first-order valence-electron chi connectivity index (χ1n) is 6.62. The molecule has 0 saturated carbocycles. The molecule has 0 bridgehead atoms. The maximum Gasteiger partial charge on any atom is 0.292 e. The lowest BCUT2D eigenvalue weighted by Gasteiger charge is -2.05. The summed E-state index contributed by atoms with van der Waals surface area (Å²) in [4.78, 5) is 26.0. The summed E-state index contributed by atoms with van der Waals surface area (Å²) in [7, 11) is 0. The maximum absolute atomic E-state index is 12.3. The molecule has 22 heavy (non-hydrogen) atoms. The van der Waals surface area contributed by atoms with Crippen LogP contribution in [0.4, 0.5) is 5.69 Å². The number of hydrogen-bond acceptors (Lipinski definition) is 4. The summed E-state index contributed by atoms with van der Waals surface area (Å²) in [6, 6.07) is 10.3. The number of benzene rings is 2. The van der Waals surface area contributed by atoms with Crippen molar-refractivity contribution >= 4 is 33.7 Å². The Bertz CT molecular complexity index is 1000. The molecule has 0 saturated heterocycles. The average molecular weight is 293 g/mol. The smallest absolute Gasteiger partial charge is 0.292 e. The Morgan fingerprint density at radius 1 is 1.09 bits per heavy atom. The molecule has 0 aliphatic carbocycles. The summed E-state index contributed by atoms with van der Waals surface area (Å²) < 4.78 is 0. The summed E-state index contributed by atoms with van der Waals surface area (Å²) in [6.07, 6.45) is 1.59. The molecule has 7 nitrogen and oxygen atoms in total. The number of fused-ring (bicyclic) bond motifs is 2. The summed E-state index contributed by atoms with van der Waals surface area (Å²) >= 11 is 0. The number of aromatic hydroxyl groups is 1. The number of imidazole rings is 2. The molecule has 0 radical (unpaired) electrons. The van der Waals surface area contributed by atoms with Crippen LogP contribution in [0.25, 0.3) is 22.1 Å². The number of aromatic amines is 2. The van der Waals surface area contributed by atoms with Gasteiger partial charge in [-0.15, -0.1) is 0 Å². The highest BCUT2D eigenvalue weighted by molar-refractivity contribution is 6.06. The standard InChI is InChI=1S/C15H11N5O2/c21-14(8-1-3-10-12(5-8)17-7-16-10)18-9-2-4-11-13(6-9)20-15(22)19-11/h1-7H,(H,16,17)(H,18,21)(H2,19,20,22). The number of rotatable bonds is 2. The van der Waals surface area contributed by atoms with Crippen molar-refractivity contribution in [3.05, 3.63) is 48.3 Å². The molecule has 108 valence electrons. The van der Waals surface area contributed by atoms with E-state index in [9.17, 15) is 9.90 Å². The molecule has 0 aliphatic heterocycles. The molecule has 4 aromatic rings. The van der Waals surface area contributed by atoms with Crippen LogP contribution in [-0.2, 0) is 0 Å². The minimum Gasteiger partial charge on any atom is -0.480 e.